The zero-order chi connectivity index (χ0) is 17.5. The van der Waals surface area contributed by atoms with Crippen LogP contribution in [0.15, 0.2) is 54.6 Å². The highest BCUT2D eigenvalue weighted by Gasteiger charge is 2.20. The molecule has 2 aromatic carbocycles. The molecule has 0 fully saturated rings. The molecule has 0 aromatic heterocycles. The predicted molar refractivity (Wildman–Crippen MR) is 92.5 cm³/mol. The van der Waals surface area contributed by atoms with E-state index in [0.29, 0.717) is 5.02 Å². The molecule has 2 atom stereocenters. The van der Waals surface area contributed by atoms with Crippen molar-refractivity contribution in [1.82, 2.24) is 5.32 Å². The second-order valence-corrected chi connectivity index (χ2v) is 5.80. The Hall–Kier alpha value is -2.53. The van der Waals surface area contributed by atoms with Crippen molar-refractivity contribution >= 4 is 23.6 Å². The van der Waals surface area contributed by atoms with E-state index in [0.717, 1.165) is 11.1 Å². The number of hydrogen-bond donors (Lipinski definition) is 2. The van der Waals surface area contributed by atoms with E-state index in [1.54, 1.807) is 31.2 Å². The molecule has 0 radical (unpaired) electrons. The van der Waals surface area contributed by atoms with Crippen LogP contribution in [-0.4, -0.2) is 12.0 Å². The number of nitrogens with one attached hydrogen (secondary N) is 1. The van der Waals surface area contributed by atoms with Gasteiger partial charge in [0, 0.05) is 5.02 Å². The third kappa shape index (κ3) is 5.28. The Bertz CT molecular complexity index is 689. The van der Waals surface area contributed by atoms with Crippen LogP contribution in [0, 0.1) is 0 Å². The summed E-state index contributed by atoms with van der Waals surface area (Å²) in [5.74, 6) is -0.431. The standard InChI is InChI=1S/C18H19ClN2O3/c1-12(13-5-3-2-4-6-13)24-17(22)11-16(21-18(20)23)14-7-9-15(19)10-8-14/h2-10,12,16H,11H2,1H3,(H3,20,21,23)/t12-,16-/m0/s1. The van der Waals surface area contributed by atoms with Crippen LogP contribution in [0.3, 0.4) is 0 Å². The van der Waals surface area contributed by atoms with Gasteiger partial charge in [0.25, 0.3) is 0 Å². The number of amides is 2. The Kier molecular flexibility index (Phi) is 6.21. The minimum absolute atomic E-state index is 0.0260. The largest absolute Gasteiger partial charge is 0.458 e. The molecule has 0 aliphatic rings. The third-order valence-electron chi connectivity index (χ3n) is 3.54. The van der Waals surface area contributed by atoms with Crippen LogP contribution in [0.25, 0.3) is 0 Å². The molecular formula is C18H19ClN2O3. The summed E-state index contributed by atoms with van der Waals surface area (Å²) in [5, 5.41) is 3.12. The van der Waals surface area contributed by atoms with E-state index in [-0.39, 0.29) is 12.5 Å². The molecule has 0 bridgehead atoms. The molecular weight excluding hydrogens is 328 g/mol. The van der Waals surface area contributed by atoms with Crippen molar-refractivity contribution in [1.29, 1.82) is 0 Å². The summed E-state index contributed by atoms with van der Waals surface area (Å²) in [6, 6.07) is 15.0. The van der Waals surface area contributed by atoms with Crippen LogP contribution < -0.4 is 11.1 Å². The van der Waals surface area contributed by atoms with Gasteiger partial charge in [-0.15, -0.1) is 0 Å². The lowest BCUT2D eigenvalue weighted by molar-refractivity contribution is -0.149. The number of carbonyl (C=O) groups excluding carboxylic acids is 2. The molecule has 0 unspecified atom stereocenters. The molecule has 6 heteroatoms. The second kappa shape index (κ2) is 8.36. The Morgan fingerprint density at radius 2 is 1.71 bits per heavy atom. The topological polar surface area (TPSA) is 81.4 Å². The van der Waals surface area contributed by atoms with E-state index in [2.05, 4.69) is 5.32 Å². The zero-order valence-corrected chi connectivity index (χ0v) is 14.0. The van der Waals surface area contributed by atoms with E-state index < -0.39 is 18.0 Å². The highest BCUT2D eigenvalue weighted by atomic mass is 35.5. The summed E-state index contributed by atoms with van der Waals surface area (Å²) in [5.41, 5.74) is 6.82. The predicted octanol–water partition coefficient (Wildman–Crippen LogP) is 3.74. The van der Waals surface area contributed by atoms with Crippen molar-refractivity contribution in [3.63, 3.8) is 0 Å². The molecule has 0 saturated heterocycles. The smallest absolute Gasteiger partial charge is 0.312 e. The second-order valence-electron chi connectivity index (χ2n) is 5.36. The van der Waals surface area contributed by atoms with E-state index in [4.69, 9.17) is 22.1 Å². The average Bonchev–Trinajstić information content (AvgIpc) is 2.55. The lowest BCUT2D eigenvalue weighted by Crippen LogP contribution is -2.34. The molecule has 24 heavy (non-hydrogen) atoms. The lowest BCUT2D eigenvalue weighted by atomic mass is 10.0. The summed E-state index contributed by atoms with van der Waals surface area (Å²) in [7, 11) is 0. The van der Waals surface area contributed by atoms with Gasteiger partial charge >= 0.3 is 12.0 Å². The maximum Gasteiger partial charge on any atom is 0.312 e. The van der Waals surface area contributed by atoms with Gasteiger partial charge in [-0.25, -0.2) is 4.79 Å². The molecule has 0 saturated carbocycles. The highest BCUT2D eigenvalue weighted by molar-refractivity contribution is 6.30. The number of halogens is 1. The molecule has 2 aromatic rings. The molecule has 0 heterocycles. The number of carbonyl (C=O) groups is 2. The first-order chi connectivity index (χ1) is 11.5. The Balaban J connectivity index is 2.04. The van der Waals surface area contributed by atoms with Gasteiger partial charge in [0.2, 0.25) is 0 Å². The quantitative estimate of drug-likeness (QED) is 0.781. The van der Waals surface area contributed by atoms with Gasteiger partial charge in [-0.05, 0) is 30.2 Å². The van der Waals surface area contributed by atoms with Gasteiger partial charge in [-0.1, -0.05) is 54.1 Å². The Labute approximate surface area is 145 Å². The third-order valence-corrected chi connectivity index (χ3v) is 3.79. The minimum atomic E-state index is -0.709. The fourth-order valence-electron chi connectivity index (χ4n) is 2.32. The van der Waals surface area contributed by atoms with Gasteiger partial charge in [-0.2, -0.15) is 0 Å². The van der Waals surface area contributed by atoms with Crippen LogP contribution >= 0.6 is 11.6 Å². The average molecular weight is 347 g/mol. The fourth-order valence-corrected chi connectivity index (χ4v) is 2.45. The van der Waals surface area contributed by atoms with Crippen LogP contribution in [0.4, 0.5) is 4.79 Å². The van der Waals surface area contributed by atoms with Gasteiger partial charge in [0.1, 0.15) is 6.10 Å². The number of primary amides is 1. The maximum atomic E-state index is 12.2. The number of hydrogen-bond acceptors (Lipinski definition) is 3. The van der Waals surface area contributed by atoms with Gasteiger partial charge in [0.05, 0.1) is 12.5 Å². The number of nitrogens with two attached hydrogens (primary N) is 1. The van der Waals surface area contributed by atoms with Crippen LogP contribution in [-0.2, 0) is 9.53 Å². The molecule has 0 aliphatic heterocycles. The minimum Gasteiger partial charge on any atom is -0.458 e. The Morgan fingerprint density at radius 3 is 2.29 bits per heavy atom. The highest BCUT2D eigenvalue weighted by Crippen LogP contribution is 2.22. The Morgan fingerprint density at radius 1 is 1.08 bits per heavy atom. The maximum absolute atomic E-state index is 12.2. The molecule has 2 amide bonds. The van der Waals surface area contributed by atoms with E-state index in [1.165, 1.54) is 0 Å². The molecule has 0 aliphatic carbocycles. The summed E-state index contributed by atoms with van der Waals surface area (Å²) in [4.78, 5) is 23.4. The SMILES string of the molecule is C[C@H](OC(=O)C[C@H](NC(N)=O)c1ccc(Cl)cc1)c1ccccc1. The molecule has 5 nitrogen and oxygen atoms in total. The van der Waals surface area contributed by atoms with E-state index in [9.17, 15) is 9.59 Å². The van der Waals surface area contributed by atoms with E-state index in [1.807, 2.05) is 30.3 Å². The van der Waals surface area contributed by atoms with Crippen LogP contribution in [0.5, 0.6) is 0 Å². The molecule has 0 spiro atoms. The number of esters is 1. The van der Waals surface area contributed by atoms with Gasteiger partial charge in [0.15, 0.2) is 0 Å². The number of benzene rings is 2. The van der Waals surface area contributed by atoms with Crippen LogP contribution in [0.2, 0.25) is 5.02 Å². The molecule has 126 valence electrons. The van der Waals surface area contributed by atoms with Gasteiger partial charge in [-0.3, -0.25) is 4.79 Å². The number of rotatable bonds is 6. The number of urea groups is 1. The van der Waals surface area contributed by atoms with Crippen molar-refractivity contribution in [2.45, 2.75) is 25.5 Å². The monoisotopic (exact) mass is 346 g/mol. The summed E-state index contributed by atoms with van der Waals surface area (Å²) in [6.07, 6.45) is -0.403. The van der Waals surface area contributed by atoms with Crippen molar-refractivity contribution in [2.75, 3.05) is 0 Å². The van der Waals surface area contributed by atoms with Crippen molar-refractivity contribution in [2.24, 2.45) is 5.73 Å². The van der Waals surface area contributed by atoms with Crippen LogP contribution in [0.1, 0.15) is 36.6 Å². The fraction of sp³-hybridized carbons (Fsp3) is 0.222. The van der Waals surface area contributed by atoms with E-state index >= 15 is 0 Å². The zero-order valence-electron chi connectivity index (χ0n) is 13.2. The van der Waals surface area contributed by atoms with Crippen molar-refractivity contribution in [3.05, 3.63) is 70.7 Å². The van der Waals surface area contributed by atoms with Crippen molar-refractivity contribution in [3.8, 4) is 0 Å². The molecule has 2 rings (SSSR count). The summed E-state index contributed by atoms with van der Waals surface area (Å²) >= 11 is 5.86. The summed E-state index contributed by atoms with van der Waals surface area (Å²) < 4.78 is 5.44. The van der Waals surface area contributed by atoms with Gasteiger partial charge < -0.3 is 15.8 Å². The lowest BCUT2D eigenvalue weighted by Gasteiger charge is -2.19. The molecule has 3 N–H and O–H groups in total. The normalized spacial score (nSPS) is 12.9. The first kappa shape index (κ1) is 17.8. The first-order valence-corrected chi connectivity index (χ1v) is 7.89. The first-order valence-electron chi connectivity index (χ1n) is 7.51. The number of ether oxygens (including phenoxy) is 1. The summed E-state index contributed by atoms with van der Waals surface area (Å²) in [6.45, 7) is 1.80. The van der Waals surface area contributed by atoms with Crippen molar-refractivity contribution < 1.29 is 14.3 Å².